The average molecular weight is 413 g/mol. The zero-order chi connectivity index (χ0) is 21.8. The maximum Gasteiger partial charge on any atom is 0.231 e. The maximum atomic E-state index is 13.3. The first kappa shape index (κ1) is 19.5. The van der Waals surface area contributed by atoms with E-state index in [0.29, 0.717) is 28.7 Å². The molecule has 0 aliphatic heterocycles. The standard InChI is InChI=1S/C19H19B3FN7O/c20-19(21,22)28-16-11-7-24-14(26-18(31)10-5-13(10)23)6-9(11)12(8-25-16)17-27-15-3-1-2-4-30(15)29-17/h1-4,6-8,10,13H,5,20-22H2,(H,25,28)(H,24,26,31)/t10-,13+/m0/s1. The average Bonchev–Trinajstić information content (AvgIpc) is 3.29. The van der Waals surface area contributed by atoms with Crippen molar-refractivity contribution in [1.82, 2.24) is 24.6 Å². The smallest absolute Gasteiger partial charge is 0.231 e. The summed E-state index contributed by atoms with van der Waals surface area (Å²) in [5, 5.41) is 12.0. The number of amides is 1. The van der Waals surface area contributed by atoms with E-state index in [2.05, 4.69) is 30.7 Å². The van der Waals surface area contributed by atoms with Gasteiger partial charge in [0.1, 0.15) is 41.3 Å². The van der Waals surface area contributed by atoms with Gasteiger partial charge in [-0.2, -0.15) is 0 Å². The fourth-order valence-corrected chi connectivity index (χ4v) is 3.44. The number of hydrogen-bond acceptors (Lipinski definition) is 6. The van der Waals surface area contributed by atoms with E-state index in [9.17, 15) is 9.18 Å². The second-order valence-corrected chi connectivity index (χ2v) is 8.80. The fourth-order valence-electron chi connectivity index (χ4n) is 3.44. The number of anilines is 2. The molecule has 0 spiro atoms. The van der Waals surface area contributed by atoms with Crippen LogP contribution in [-0.4, -0.2) is 65.4 Å². The first-order valence-corrected chi connectivity index (χ1v) is 10.1. The number of hydrogen-bond donors (Lipinski definition) is 2. The highest BCUT2D eigenvalue weighted by atomic mass is 19.1. The molecule has 1 aliphatic carbocycles. The molecule has 1 fully saturated rings. The number of carbonyl (C=O) groups is 1. The van der Waals surface area contributed by atoms with E-state index in [1.165, 1.54) is 0 Å². The summed E-state index contributed by atoms with van der Waals surface area (Å²) < 4.78 is 15.0. The van der Waals surface area contributed by atoms with E-state index >= 15 is 0 Å². The summed E-state index contributed by atoms with van der Waals surface area (Å²) in [4.78, 5) is 25.8. The van der Waals surface area contributed by atoms with Crippen molar-refractivity contribution in [3.8, 4) is 11.4 Å². The Kier molecular flexibility index (Phi) is 4.46. The summed E-state index contributed by atoms with van der Waals surface area (Å²) >= 11 is 0. The van der Waals surface area contributed by atoms with Crippen molar-refractivity contribution in [2.24, 2.45) is 5.92 Å². The Bertz CT molecular complexity index is 1290. The Hall–Kier alpha value is -3.43. The molecule has 4 aromatic rings. The van der Waals surface area contributed by atoms with Gasteiger partial charge in [-0.05, 0) is 29.9 Å². The molecule has 4 aromatic heterocycles. The third-order valence-electron chi connectivity index (χ3n) is 5.05. The number of halogens is 1. The van der Waals surface area contributed by atoms with Crippen LogP contribution >= 0.6 is 0 Å². The number of pyridine rings is 3. The van der Waals surface area contributed by atoms with E-state index in [1.54, 1.807) is 23.0 Å². The van der Waals surface area contributed by atoms with E-state index in [1.807, 2.05) is 47.9 Å². The zero-order valence-electron chi connectivity index (χ0n) is 17.4. The maximum absolute atomic E-state index is 13.3. The first-order chi connectivity index (χ1) is 14.8. The molecule has 31 heavy (non-hydrogen) atoms. The zero-order valence-corrected chi connectivity index (χ0v) is 17.4. The molecule has 0 bridgehead atoms. The van der Waals surface area contributed by atoms with Crippen molar-refractivity contribution < 1.29 is 9.18 Å². The molecule has 1 amide bonds. The van der Waals surface area contributed by atoms with Crippen LogP contribution in [0.2, 0.25) is 0 Å². The van der Waals surface area contributed by atoms with Crippen LogP contribution in [0.25, 0.3) is 27.8 Å². The quantitative estimate of drug-likeness (QED) is 0.431. The molecule has 0 aromatic carbocycles. The monoisotopic (exact) mass is 413 g/mol. The van der Waals surface area contributed by atoms with Crippen LogP contribution in [0.1, 0.15) is 6.42 Å². The molecule has 1 saturated carbocycles. The molecule has 12 heteroatoms. The lowest BCUT2D eigenvalue weighted by molar-refractivity contribution is -0.117. The molecule has 1 aliphatic rings. The van der Waals surface area contributed by atoms with Crippen molar-refractivity contribution in [3.63, 3.8) is 0 Å². The second kappa shape index (κ2) is 7.07. The van der Waals surface area contributed by atoms with Crippen molar-refractivity contribution in [1.29, 1.82) is 0 Å². The van der Waals surface area contributed by atoms with Gasteiger partial charge in [-0.15, -0.1) is 5.10 Å². The van der Waals surface area contributed by atoms with Crippen LogP contribution < -0.4 is 10.6 Å². The molecule has 152 valence electrons. The second-order valence-electron chi connectivity index (χ2n) is 8.80. The highest BCUT2D eigenvalue weighted by molar-refractivity contribution is 6.60. The lowest BCUT2D eigenvalue weighted by Crippen LogP contribution is -2.40. The number of nitrogens with one attached hydrogen (secondary N) is 2. The van der Waals surface area contributed by atoms with E-state index < -0.39 is 12.1 Å². The van der Waals surface area contributed by atoms with Gasteiger partial charge in [0.05, 0.1) is 5.92 Å². The van der Waals surface area contributed by atoms with E-state index in [0.717, 1.165) is 10.8 Å². The Morgan fingerprint density at radius 2 is 2.00 bits per heavy atom. The van der Waals surface area contributed by atoms with Gasteiger partial charge >= 0.3 is 0 Å². The Morgan fingerprint density at radius 1 is 1.19 bits per heavy atom. The van der Waals surface area contributed by atoms with Gasteiger partial charge in [-0.25, -0.2) is 23.9 Å². The summed E-state index contributed by atoms with van der Waals surface area (Å²) in [6.45, 7) is 0. The van der Waals surface area contributed by atoms with Gasteiger partial charge in [0, 0.05) is 34.9 Å². The van der Waals surface area contributed by atoms with Gasteiger partial charge in [0.2, 0.25) is 5.91 Å². The minimum atomic E-state index is -1.06. The van der Waals surface area contributed by atoms with Crippen molar-refractivity contribution in [3.05, 3.63) is 42.9 Å². The van der Waals surface area contributed by atoms with Gasteiger partial charge in [0.15, 0.2) is 11.5 Å². The van der Waals surface area contributed by atoms with Gasteiger partial charge in [-0.1, -0.05) is 6.07 Å². The normalized spacial score (nSPS) is 18.2. The molecule has 8 nitrogen and oxygen atoms in total. The van der Waals surface area contributed by atoms with Crippen LogP contribution in [0.3, 0.4) is 0 Å². The molecular weight excluding hydrogens is 394 g/mol. The van der Waals surface area contributed by atoms with Crippen LogP contribution in [0.5, 0.6) is 0 Å². The molecule has 0 unspecified atom stereocenters. The van der Waals surface area contributed by atoms with Gasteiger partial charge in [-0.3, -0.25) is 4.79 Å². The SMILES string of the molecule is BC(B)(B)Nc1ncc(-c2nc3ccccn3n2)c2cc(NC(=O)[C@H]3C[C@H]3F)ncc12. The molecule has 0 radical (unpaired) electrons. The fraction of sp³-hybridized carbons (Fsp3) is 0.211. The summed E-state index contributed by atoms with van der Waals surface area (Å²) in [6.07, 6.45) is 4.40. The Morgan fingerprint density at radius 3 is 2.71 bits per heavy atom. The summed E-state index contributed by atoms with van der Waals surface area (Å²) in [7, 11) is 6.13. The van der Waals surface area contributed by atoms with E-state index in [-0.39, 0.29) is 17.6 Å². The third kappa shape index (κ3) is 3.85. The minimum Gasteiger partial charge on any atom is -0.387 e. The van der Waals surface area contributed by atoms with Gasteiger partial charge < -0.3 is 10.6 Å². The van der Waals surface area contributed by atoms with Crippen molar-refractivity contribution >= 4 is 57.5 Å². The van der Waals surface area contributed by atoms with Gasteiger partial charge in [0.25, 0.3) is 0 Å². The van der Waals surface area contributed by atoms with Crippen LogP contribution in [0, 0.1) is 5.92 Å². The highest BCUT2D eigenvalue weighted by Crippen LogP contribution is 2.36. The molecule has 4 heterocycles. The minimum absolute atomic E-state index is 0.211. The van der Waals surface area contributed by atoms with Crippen molar-refractivity contribution in [2.75, 3.05) is 10.6 Å². The third-order valence-corrected chi connectivity index (χ3v) is 5.05. The molecular formula is C19H19B3FN7O. The van der Waals surface area contributed by atoms with Crippen LogP contribution in [0.4, 0.5) is 16.0 Å². The molecule has 2 atom stereocenters. The summed E-state index contributed by atoms with van der Waals surface area (Å²) in [5.41, 5.74) is 1.43. The molecule has 5 rings (SSSR count). The number of rotatable bonds is 5. The van der Waals surface area contributed by atoms with Crippen molar-refractivity contribution in [2.45, 2.75) is 17.8 Å². The Balaban J connectivity index is 1.63. The number of carbonyl (C=O) groups excluding carboxylic acids is 1. The van der Waals surface area contributed by atoms with Crippen LogP contribution in [-0.2, 0) is 4.79 Å². The highest BCUT2D eigenvalue weighted by Gasteiger charge is 2.43. The number of alkyl halides is 1. The van der Waals surface area contributed by atoms with E-state index in [4.69, 9.17) is 0 Å². The molecule has 2 N–H and O–H groups in total. The van der Waals surface area contributed by atoms with Crippen LogP contribution in [0.15, 0.2) is 42.9 Å². The molecule has 0 saturated heterocycles. The topological polar surface area (TPSA) is 97.1 Å². The largest absolute Gasteiger partial charge is 0.387 e. The summed E-state index contributed by atoms with van der Waals surface area (Å²) in [5.74, 6) is 0.600. The number of fused-ring (bicyclic) bond motifs is 2. The summed E-state index contributed by atoms with van der Waals surface area (Å²) in [6, 6.07) is 7.41. The predicted molar refractivity (Wildman–Crippen MR) is 125 cm³/mol. The first-order valence-electron chi connectivity index (χ1n) is 10.1. The lowest BCUT2D eigenvalue weighted by atomic mass is 9.49. The number of aromatic nitrogens is 5. The Labute approximate surface area is 180 Å². The number of nitrogens with zero attached hydrogens (tertiary/aromatic N) is 5. The predicted octanol–water partition coefficient (Wildman–Crippen LogP) is -0.442. The lowest BCUT2D eigenvalue weighted by Gasteiger charge is -2.23.